The van der Waals surface area contributed by atoms with E-state index in [-0.39, 0.29) is 17.3 Å². The van der Waals surface area contributed by atoms with E-state index in [4.69, 9.17) is 18.0 Å². The van der Waals surface area contributed by atoms with E-state index in [1.54, 1.807) is 0 Å². The lowest BCUT2D eigenvalue weighted by molar-refractivity contribution is -0.137. The second kappa shape index (κ2) is 6.53. The van der Waals surface area contributed by atoms with Gasteiger partial charge in [0.2, 0.25) is 5.91 Å². The third-order valence-electron chi connectivity index (χ3n) is 2.37. The summed E-state index contributed by atoms with van der Waals surface area (Å²) < 4.78 is 37.9. The molecule has 1 aromatic rings. The van der Waals surface area contributed by atoms with Crippen molar-refractivity contribution in [3.8, 4) is 12.3 Å². The fourth-order valence-corrected chi connectivity index (χ4v) is 1.68. The quantitative estimate of drug-likeness (QED) is 0.840. The first-order chi connectivity index (χ1) is 9.24. The summed E-state index contributed by atoms with van der Waals surface area (Å²) in [4.78, 5) is 11.5. The average Bonchev–Trinajstić information content (AvgIpc) is 2.34. The van der Waals surface area contributed by atoms with Gasteiger partial charge in [0.25, 0.3) is 0 Å². The molecule has 0 saturated heterocycles. The lowest BCUT2D eigenvalue weighted by atomic mass is 10.1. The number of terminal acetylenes is 1. The average molecular weight is 305 g/mol. The van der Waals surface area contributed by atoms with E-state index >= 15 is 0 Å². The lowest BCUT2D eigenvalue weighted by Gasteiger charge is -2.16. The Bertz CT molecular complexity index is 537. The summed E-state index contributed by atoms with van der Waals surface area (Å²) in [5.74, 6) is 1.81. The number of amides is 1. The SMILES string of the molecule is C#CCNC(=O)C(C)Nc1cc(Cl)cc(C(F)(F)F)c1. The van der Waals surface area contributed by atoms with Gasteiger partial charge in [0.05, 0.1) is 12.1 Å². The summed E-state index contributed by atoms with van der Waals surface area (Å²) in [6.45, 7) is 1.55. The molecular formula is C13H12ClF3N2O. The molecule has 0 aliphatic rings. The Hall–Kier alpha value is -1.87. The van der Waals surface area contributed by atoms with Gasteiger partial charge in [0.1, 0.15) is 6.04 Å². The van der Waals surface area contributed by atoms with Crippen LogP contribution in [0.3, 0.4) is 0 Å². The highest BCUT2D eigenvalue weighted by molar-refractivity contribution is 6.31. The number of benzene rings is 1. The van der Waals surface area contributed by atoms with Crippen LogP contribution in [-0.2, 0) is 11.0 Å². The molecule has 0 aromatic heterocycles. The standard InChI is InChI=1S/C13H12ClF3N2O/c1-3-4-18-12(20)8(2)19-11-6-9(13(15,16)17)5-10(14)7-11/h1,5-8,19H,4H2,2H3,(H,18,20). The van der Waals surface area contributed by atoms with Crippen molar-refractivity contribution in [3.05, 3.63) is 28.8 Å². The van der Waals surface area contributed by atoms with E-state index in [2.05, 4.69) is 16.6 Å². The highest BCUT2D eigenvalue weighted by Gasteiger charge is 2.31. The predicted molar refractivity (Wildman–Crippen MR) is 71.4 cm³/mol. The fourth-order valence-electron chi connectivity index (χ4n) is 1.44. The van der Waals surface area contributed by atoms with Crippen molar-refractivity contribution in [3.63, 3.8) is 0 Å². The lowest BCUT2D eigenvalue weighted by Crippen LogP contribution is -2.37. The second-order valence-corrected chi connectivity index (χ2v) is 4.45. The van der Waals surface area contributed by atoms with Crippen LogP contribution < -0.4 is 10.6 Å². The maximum atomic E-state index is 12.6. The van der Waals surface area contributed by atoms with Gasteiger partial charge in [-0.05, 0) is 25.1 Å². The smallest absolute Gasteiger partial charge is 0.374 e. The number of anilines is 1. The van der Waals surface area contributed by atoms with Crippen molar-refractivity contribution in [2.24, 2.45) is 0 Å². The van der Waals surface area contributed by atoms with E-state index in [0.29, 0.717) is 0 Å². The zero-order valence-electron chi connectivity index (χ0n) is 10.5. The summed E-state index contributed by atoms with van der Waals surface area (Å²) >= 11 is 5.64. The molecule has 1 rings (SSSR count). The Balaban J connectivity index is 2.85. The number of hydrogen-bond acceptors (Lipinski definition) is 2. The number of halogens is 4. The minimum absolute atomic E-state index is 0.0498. The van der Waals surface area contributed by atoms with Gasteiger partial charge >= 0.3 is 6.18 Å². The van der Waals surface area contributed by atoms with Crippen molar-refractivity contribution >= 4 is 23.2 Å². The first-order valence-electron chi connectivity index (χ1n) is 5.59. The molecule has 7 heteroatoms. The van der Waals surface area contributed by atoms with Crippen LogP contribution in [0.25, 0.3) is 0 Å². The Morgan fingerprint density at radius 2 is 2.10 bits per heavy atom. The van der Waals surface area contributed by atoms with Crippen molar-refractivity contribution in [2.75, 3.05) is 11.9 Å². The van der Waals surface area contributed by atoms with Crippen LogP contribution in [0.5, 0.6) is 0 Å². The van der Waals surface area contributed by atoms with Crippen molar-refractivity contribution in [2.45, 2.75) is 19.1 Å². The Morgan fingerprint density at radius 1 is 1.45 bits per heavy atom. The van der Waals surface area contributed by atoms with Gasteiger partial charge < -0.3 is 10.6 Å². The molecule has 0 aliphatic heterocycles. The van der Waals surface area contributed by atoms with Crippen LogP contribution in [0.2, 0.25) is 5.02 Å². The van der Waals surface area contributed by atoms with E-state index in [0.717, 1.165) is 12.1 Å². The highest BCUT2D eigenvalue weighted by Crippen LogP contribution is 2.33. The molecule has 1 atom stereocenters. The molecule has 2 N–H and O–H groups in total. The normalized spacial score (nSPS) is 12.4. The summed E-state index contributed by atoms with van der Waals surface area (Å²) in [7, 11) is 0. The van der Waals surface area contributed by atoms with Crippen LogP contribution in [-0.4, -0.2) is 18.5 Å². The van der Waals surface area contributed by atoms with Crippen LogP contribution >= 0.6 is 11.6 Å². The number of alkyl halides is 3. The minimum atomic E-state index is -4.50. The monoisotopic (exact) mass is 304 g/mol. The van der Waals surface area contributed by atoms with E-state index in [1.807, 2.05) is 0 Å². The molecule has 1 aromatic carbocycles. The zero-order valence-corrected chi connectivity index (χ0v) is 11.3. The first-order valence-corrected chi connectivity index (χ1v) is 5.97. The maximum Gasteiger partial charge on any atom is 0.416 e. The van der Waals surface area contributed by atoms with Crippen LogP contribution in [0, 0.1) is 12.3 Å². The molecule has 0 aliphatic carbocycles. The number of hydrogen-bond donors (Lipinski definition) is 2. The predicted octanol–water partition coefficient (Wildman–Crippen LogP) is 2.91. The molecule has 0 fully saturated rings. The van der Waals surface area contributed by atoms with Gasteiger partial charge in [-0.2, -0.15) is 13.2 Å². The first kappa shape index (κ1) is 16.2. The number of carbonyl (C=O) groups is 1. The van der Waals surface area contributed by atoms with Gasteiger partial charge in [0.15, 0.2) is 0 Å². The molecule has 20 heavy (non-hydrogen) atoms. The number of carbonyl (C=O) groups excluding carboxylic acids is 1. The molecule has 0 heterocycles. The minimum Gasteiger partial charge on any atom is -0.374 e. The molecule has 0 saturated carbocycles. The van der Waals surface area contributed by atoms with Crippen LogP contribution in [0.1, 0.15) is 12.5 Å². The third kappa shape index (κ3) is 4.67. The molecule has 0 radical (unpaired) electrons. The Labute approximate surface area is 119 Å². The topological polar surface area (TPSA) is 41.1 Å². The van der Waals surface area contributed by atoms with Gasteiger partial charge in [0, 0.05) is 10.7 Å². The molecule has 3 nitrogen and oxygen atoms in total. The van der Waals surface area contributed by atoms with E-state index in [9.17, 15) is 18.0 Å². The summed E-state index contributed by atoms with van der Waals surface area (Å²) in [6.07, 6.45) is 0.486. The Kier molecular flexibility index (Phi) is 5.28. The largest absolute Gasteiger partial charge is 0.416 e. The van der Waals surface area contributed by atoms with E-state index < -0.39 is 23.7 Å². The zero-order chi connectivity index (χ0) is 15.3. The summed E-state index contributed by atoms with van der Waals surface area (Å²) in [6, 6.07) is 2.26. The van der Waals surface area contributed by atoms with Crippen molar-refractivity contribution in [1.29, 1.82) is 0 Å². The molecule has 0 spiro atoms. The molecule has 1 amide bonds. The van der Waals surface area contributed by atoms with Crippen LogP contribution in [0.15, 0.2) is 18.2 Å². The van der Waals surface area contributed by atoms with Crippen LogP contribution in [0.4, 0.5) is 18.9 Å². The molecule has 0 bridgehead atoms. The molecule has 108 valence electrons. The van der Waals surface area contributed by atoms with Gasteiger partial charge in [-0.25, -0.2) is 0 Å². The Morgan fingerprint density at radius 3 is 2.65 bits per heavy atom. The van der Waals surface area contributed by atoms with Gasteiger partial charge in [-0.3, -0.25) is 4.79 Å². The third-order valence-corrected chi connectivity index (χ3v) is 2.58. The summed E-state index contributed by atoms with van der Waals surface area (Å²) in [5.41, 5.74) is -0.781. The number of rotatable bonds is 4. The summed E-state index contributed by atoms with van der Waals surface area (Å²) in [5, 5.41) is 4.99. The highest BCUT2D eigenvalue weighted by atomic mass is 35.5. The van der Waals surface area contributed by atoms with Crippen molar-refractivity contribution in [1.82, 2.24) is 5.32 Å². The van der Waals surface area contributed by atoms with Gasteiger partial charge in [-0.15, -0.1) is 6.42 Å². The molecule has 1 unspecified atom stereocenters. The number of nitrogens with one attached hydrogen (secondary N) is 2. The van der Waals surface area contributed by atoms with E-state index in [1.165, 1.54) is 13.0 Å². The maximum absolute atomic E-state index is 12.6. The van der Waals surface area contributed by atoms with Gasteiger partial charge in [-0.1, -0.05) is 17.5 Å². The molecular weight excluding hydrogens is 293 g/mol. The fraction of sp³-hybridized carbons (Fsp3) is 0.308. The second-order valence-electron chi connectivity index (χ2n) is 4.01. The van der Waals surface area contributed by atoms with Crippen molar-refractivity contribution < 1.29 is 18.0 Å².